The Bertz CT molecular complexity index is 379. The fourth-order valence-electron chi connectivity index (χ4n) is 0.944. The van der Waals surface area contributed by atoms with E-state index in [0.29, 0.717) is 18.2 Å². The Hall–Kier alpha value is -2.18. The van der Waals surface area contributed by atoms with Crippen molar-refractivity contribution in [2.45, 2.75) is 0 Å². The number of nitro groups is 1. The molecule has 0 N–H and O–H groups in total. The number of benzene rings is 1. The van der Waals surface area contributed by atoms with E-state index in [-0.39, 0.29) is 0 Å². The van der Waals surface area contributed by atoms with Crippen LogP contribution in [0.1, 0.15) is 20.7 Å². The summed E-state index contributed by atoms with van der Waals surface area (Å²) in [7, 11) is 0. The number of hydrogen-bond donors (Lipinski definition) is 0. The largest absolute Gasteiger partial charge is 0.332 e. The van der Waals surface area contributed by atoms with E-state index in [1.807, 2.05) is 0 Å². The minimum absolute atomic E-state index is 0.609. The van der Waals surface area contributed by atoms with E-state index in [2.05, 4.69) is 0 Å². The Morgan fingerprint density at radius 2 is 1.47 bits per heavy atom. The molecule has 0 heterocycles. The molecule has 0 amide bonds. The van der Waals surface area contributed by atoms with E-state index >= 15 is 0 Å². The average molecular weight is 215 g/mol. The first kappa shape index (κ1) is 10.9. The minimum atomic E-state index is -1.97. The van der Waals surface area contributed by atoms with Gasteiger partial charge in [0.25, 0.3) is 5.69 Å². The number of rotatable bonds is 3. The lowest BCUT2D eigenvalue weighted by molar-refractivity contribution is -0.384. The predicted octanol–water partition coefficient (Wildman–Crippen LogP) is 1.81. The first-order chi connectivity index (χ1) is 6.91. The summed E-state index contributed by atoms with van der Waals surface area (Å²) in [5.41, 5.74) is -2.19. The van der Waals surface area contributed by atoms with Gasteiger partial charge >= 0.3 is 12.1 Å². The number of carbonyl (C=O) groups excluding carboxylic acids is 2. The van der Waals surface area contributed by atoms with Gasteiger partial charge in [-0.3, -0.25) is 19.7 Å². The number of non-ortho nitro benzene ring substituents is 1. The molecule has 0 aliphatic rings. The van der Waals surface area contributed by atoms with Crippen molar-refractivity contribution < 1.29 is 23.3 Å². The molecule has 78 valence electrons. The van der Waals surface area contributed by atoms with E-state index in [4.69, 9.17) is 0 Å². The van der Waals surface area contributed by atoms with Crippen LogP contribution in [0.2, 0.25) is 0 Å². The molecule has 0 saturated carbocycles. The van der Waals surface area contributed by atoms with Gasteiger partial charge in [0.1, 0.15) is 0 Å². The first-order valence-electron chi connectivity index (χ1n) is 3.61. The second-order valence-corrected chi connectivity index (χ2v) is 2.57. The minimum Gasteiger partial charge on any atom is -0.258 e. The molecule has 0 atom stereocenters. The third kappa shape index (κ3) is 2.39. The highest BCUT2D eigenvalue weighted by Crippen LogP contribution is 2.18. The molecule has 0 aliphatic carbocycles. The first-order valence-corrected chi connectivity index (χ1v) is 3.61. The monoisotopic (exact) mass is 215 g/mol. The van der Waals surface area contributed by atoms with Crippen LogP contribution >= 0.6 is 0 Å². The van der Waals surface area contributed by atoms with Crippen LogP contribution in [-0.2, 0) is 0 Å². The third-order valence-electron chi connectivity index (χ3n) is 1.58. The summed E-state index contributed by atoms with van der Waals surface area (Å²) < 4.78 is 24.5. The lowest BCUT2D eigenvalue weighted by Gasteiger charge is -1.97. The van der Waals surface area contributed by atoms with Gasteiger partial charge in [0, 0.05) is 12.1 Å². The molecule has 7 heteroatoms. The van der Waals surface area contributed by atoms with Crippen LogP contribution < -0.4 is 0 Å². The standard InChI is InChI=1S/C8H3F2NO4/c9-7(12)4-1-5(8(10)13)3-6(2-4)11(14)15/h1-3H. The quantitative estimate of drug-likeness (QED) is 0.437. The third-order valence-corrected chi connectivity index (χ3v) is 1.58. The van der Waals surface area contributed by atoms with Crippen LogP contribution in [-0.4, -0.2) is 17.0 Å². The molecule has 0 unspecified atom stereocenters. The zero-order chi connectivity index (χ0) is 11.6. The zero-order valence-electron chi connectivity index (χ0n) is 7.07. The normalized spacial score (nSPS) is 9.73. The molecular formula is C8H3F2NO4. The summed E-state index contributed by atoms with van der Waals surface area (Å²) in [4.78, 5) is 29.9. The van der Waals surface area contributed by atoms with Gasteiger partial charge in [0.05, 0.1) is 16.1 Å². The maximum absolute atomic E-state index is 12.2. The Morgan fingerprint density at radius 1 is 1.07 bits per heavy atom. The maximum atomic E-state index is 12.2. The molecule has 0 aliphatic heterocycles. The second kappa shape index (κ2) is 3.91. The topological polar surface area (TPSA) is 77.3 Å². The van der Waals surface area contributed by atoms with E-state index in [1.54, 1.807) is 0 Å². The van der Waals surface area contributed by atoms with Gasteiger partial charge in [-0.25, -0.2) is 0 Å². The van der Waals surface area contributed by atoms with Crippen LogP contribution in [0.3, 0.4) is 0 Å². The number of halogens is 2. The van der Waals surface area contributed by atoms with E-state index in [9.17, 15) is 28.5 Å². The van der Waals surface area contributed by atoms with Gasteiger partial charge in [-0.2, -0.15) is 8.78 Å². The van der Waals surface area contributed by atoms with Crippen molar-refractivity contribution in [3.63, 3.8) is 0 Å². The summed E-state index contributed by atoms with van der Waals surface area (Å²) in [6, 6.07) is -2.09. The fourth-order valence-corrected chi connectivity index (χ4v) is 0.944. The Balaban J connectivity index is 3.39. The SMILES string of the molecule is O=C(F)c1cc(C(=O)F)cc([N+](=O)[O-])c1. The van der Waals surface area contributed by atoms with Crippen LogP contribution in [0.4, 0.5) is 14.5 Å². The Kier molecular flexibility index (Phi) is 2.84. The van der Waals surface area contributed by atoms with E-state index in [1.165, 1.54) is 0 Å². The van der Waals surface area contributed by atoms with Crippen molar-refractivity contribution in [1.82, 2.24) is 0 Å². The van der Waals surface area contributed by atoms with E-state index < -0.39 is 33.8 Å². The van der Waals surface area contributed by atoms with Gasteiger partial charge in [-0.1, -0.05) is 0 Å². The van der Waals surface area contributed by atoms with Gasteiger partial charge < -0.3 is 0 Å². The van der Waals surface area contributed by atoms with Gasteiger partial charge in [-0.15, -0.1) is 0 Å². The molecule has 0 spiro atoms. The molecular weight excluding hydrogens is 212 g/mol. The van der Waals surface area contributed by atoms with Gasteiger partial charge in [0.2, 0.25) is 0 Å². The molecule has 0 bridgehead atoms. The Labute approximate surface area is 81.5 Å². The zero-order valence-corrected chi connectivity index (χ0v) is 7.07. The molecule has 0 saturated heterocycles. The lowest BCUT2D eigenvalue weighted by atomic mass is 10.1. The van der Waals surface area contributed by atoms with Crippen LogP contribution in [0, 0.1) is 10.1 Å². The Morgan fingerprint density at radius 3 is 1.73 bits per heavy atom. The average Bonchev–Trinajstić information content (AvgIpc) is 2.16. The molecule has 0 aromatic heterocycles. The summed E-state index contributed by atoms with van der Waals surface area (Å²) in [6.07, 6.45) is 0. The van der Waals surface area contributed by atoms with Crippen molar-refractivity contribution in [2.75, 3.05) is 0 Å². The number of carbonyl (C=O) groups is 2. The molecule has 0 radical (unpaired) electrons. The van der Waals surface area contributed by atoms with Crippen LogP contribution in [0.15, 0.2) is 18.2 Å². The van der Waals surface area contributed by atoms with Crippen LogP contribution in [0.25, 0.3) is 0 Å². The van der Waals surface area contributed by atoms with Crippen molar-refractivity contribution in [3.8, 4) is 0 Å². The van der Waals surface area contributed by atoms with Crippen LogP contribution in [0.5, 0.6) is 0 Å². The lowest BCUT2D eigenvalue weighted by Crippen LogP contribution is -1.99. The number of nitrogens with zero attached hydrogens (tertiary/aromatic N) is 1. The molecule has 1 aromatic rings. The van der Waals surface area contributed by atoms with Gasteiger partial charge in [0.15, 0.2) is 0 Å². The summed E-state index contributed by atoms with van der Waals surface area (Å²) >= 11 is 0. The second-order valence-electron chi connectivity index (χ2n) is 2.57. The molecule has 1 rings (SSSR count). The number of nitro benzene ring substituents is 1. The van der Waals surface area contributed by atoms with E-state index in [0.717, 1.165) is 0 Å². The smallest absolute Gasteiger partial charge is 0.258 e. The highest BCUT2D eigenvalue weighted by atomic mass is 19.1. The molecule has 5 nitrogen and oxygen atoms in total. The van der Waals surface area contributed by atoms with Gasteiger partial charge in [-0.05, 0) is 6.07 Å². The fraction of sp³-hybridized carbons (Fsp3) is 0. The predicted molar refractivity (Wildman–Crippen MR) is 44.0 cm³/mol. The van der Waals surface area contributed by atoms with Crippen molar-refractivity contribution in [3.05, 3.63) is 39.4 Å². The van der Waals surface area contributed by atoms with Crippen molar-refractivity contribution in [1.29, 1.82) is 0 Å². The van der Waals surface area contributed by atoms with Crippen molar-refractivity contribution in [2.24, 2.45) is 0 Å². The summed E-state index contributed by atoms with van der Waals surface area (Å²) in [5, 5.41) is 10.3. The highest BCUT2D eigenvalue weighted by Gasteiger charge is 2.17. The summed E-state index contributed by atoms with van der Waals surface area (Å²) in [6.45, 7) is 0. The number of hydrogen-bond acceptors (Lipinski definition) is 4. The maximum Gasteiger partial charge on any atom is 0.332 e. The molecule has 15 heavy (non-hydrogen) atoms. The molecule has 1 aromatic carbocycles. The highest BCUT2D eigenvalue weighted by molar-refractivity contribution is 5.95. The molecule has 0 fully saturated rings. The van der Waals surface area contributed by atoms with Crippen molar-refractivity contribution >= 4 is 17.8 Å². The summed E-state index contributed by atoms with van der Waals surface area (Å²) in [5.74, 6) is 0.